The Labute approximate surface area is 196 Å². The molecule has 0 radical (unpaired) electrons. The molecule has 6 nitrogen and oxygen atoms in total. The summed E-state index contributed by atoms with van der Waals surface area (Å²) in [5.41, 5.74) is 2.19. The number of nitrogens with one attached hydrogen (secondary N) is 1. The summed E-state index contributed by atoms with van der Waals surface area (Å²) in [6, 6.07) is 15.7. The van der Waals surface area contributed by atoms with E-state index in [1.54, 1.807) is 4.90 Å². The molecule has 2 aliphatic rings. The third kappa shape index (κ3) is 6.06. The summed E-state index contributed by atoms with van der Waals surface area (Å²) in [6.07, 6.45) is 6.66. The monoisotopic (exact) mass is 450 g/mol. The smallest absolute Gasteiger partial charge is 0.243 e. The minimum absolute atomic E-state index is 0.0111. The van der Waals surface area contributed by atoms with Crippen LogP contribution in [0.1, 0.15) is 56.6 Å². The van der Waals surface area contributed by atoms with Gasteiger partial charge in [0.15, 0.2) is 11.5 Å². The van der Waals surface area contributed by atoms with Gasteiger partial charge < -0.3 is 19.7 Å². The van der Waals surface area contributed by atoms with Crippen LogP contribution in [0.3, 0.4) is 0 Å². The van der Waals surface area contributed by atoms with Gasteiger partial charge in [0.25, 0.3) is 0 Å². The van der Waals surface area contributed by atoms with Crippen LogP contribution in [0.2, 0.25) is 0 Å². The number of nitrogens with zero attached hydrogens (tertiary/aromatic N) is 1. The van der Waals surface area contributed by atoms with Crippen LogP contribution in [-0.4, -0.2) is 42.1 Å². The Hall–Kier alpha value is -3.02. The Morgan fingerprint density at radius 3 is 2.52 bits per heavy atom. The van der Waals surface area contributed by atoms with E-state index < -0.39 is 6.04 Å². The summed E-state index contributed by atoms with van der Waals surface area (Å²) < 4.78 is 10.8. The zero-order chi connectivity index (χ0) is 23.0. The highest BCUT2D eigenvalue weighted by atomic mass is 16.7. The topological polar surface area (TPSA) is 67.9 Å². The Morgan fingerprint density at radius 2 is 1.76 bits per heavy atom. The predicted molar refractivity (Wildman–Crippen MR) is 127 cm³/mol. The molecule has 1 aliphatic carbocycles. The van der Waals surface area contributed by atoms with E-state index in [2.05, 4.69) is 17.4 Å². The molecule has 1 fully saturated rings. The lowest BCUT2D eigenvalue weighted by molar-refractivity contribution is -0.141. The number of rotatable bonds is 10. The predicted octanol–water partition coefficient (Wildman–Crippen LogP) is 4.26. The summed E-state index contributed by atoms with van der Waals surface area (Å²) in [7, 11) is 0. The number of hydrogen-bond donors (Lipinski definition) is 1. The molecule has 33 heavy (non-hydrogen) atoms. The molecule has 1 atom stereocenters. The third-order valence-electron chi connectivity index (χ3n) is 6.64. The number of amides is 2. The molecular formula is C27H34N2O4. The quantitative estimate of drug-likeness (QED) is 0.587. The van der Waals surface area contributed by atoms with E-state index in [-0.39, 0.29) is 24.6 Å². The van der Waals surface area contributed by atoms with Crippen molar-refractivity contribution in [2.45, 2.75) is 70.4 Å². The summed E-state index contributed by atoms with van der Waals surface area (Å²) in [5, 5.41) is 3.20. The minimum Gasteiger partial charge on any atom is -0.454 e. The molecular weight excluding hydrogens is 416 g/mol. The van der Waals surface area contributed by atoms with Gasteiger partial charge in [0.2, 0.25) is 18.6 Å². The molecule has 1 heterocycles. The molecule has 0 unspecified atom stereocenters. The maximum atomic E-state index is 13.4. The van der Waals surface area contributed by atoms with E-state index in [4.69, 9.17) is 9.47 Å². The Kier molecular flexibility index (Phi) is 7.87. The van der Waals surface area contributed by atoms with Crippen molar-refractivity contribution in [3.05, 3.63) is 59.7 Å². The van der Waals surface area contributed by atoms with E-state index in [9.17, 15) is 9.59 Å². The number of carbonyl (C=O) groups excluding carboxylic acids is 2. The van der Waals surface area contributed by atoms with E-state index >= 15 is 0 Å². The number of ether oxygens (including phenoxy) is 2. The van der Waals surface area contributed by atoms with Crippen molar-refractivity contribution < 1.29 is 19.1 Å². The average molecular weight is 451 g/mol. The van der Waals surface area contributed by atoms with Crippen LogP contribution >= 0.6 is 0 Å². The first-order valence-corrected chi connectivity index (χ1v) is 12.2. The van der Waals surface area contributed by atoms with E-state index in [1.165, 1.54) is 0 Å². The maximum Gasteiger partial charge on any atom is 0.243 e. The third-order valence-corrected chi connectivity index (χ3v) is 6.64. The second-order valence-corrected chi connectivity index (χ2v) is 8.92. The van der Waals surface area contributed by atoms with Crippen molar-refractivity contribution >= 4 is 11.8 Å². The summed E-state index contributed by atoms with van der Waals surface area (Å²) in [4.78, 5) is 28.4. The Balaban J connectivity index is 1.43. The highest BCUT2D eigenvalue weighted by Crippen LogP contribution is 2.32. The summed E-state index contributed by atoms with van der Waals surface area (Å²) >= 11 is 0. The van der Waals surface area contributed by atoms with Gasteiger partial charge in [-0.3, -0.25) is 9.59 Å². The van der Waals surface area contributed by atoms with Crippen LogP contribution in [0.5, 0.6) is 11.5 Å². The van der Waals surface area contributed by atoms with E-state index in [0.29, 0.717) is 25.8 Å². The van der Waals surface area contributed by atoms with Crippen molar-refractivity contribution in [2.24, 2.45) is 0 Å². The molecule has 2 aromatic rings. The first-order valence-electron chi connectivity index (χ1n) is 12.2. The highest BCUT2D eigenvalue weighted by Gasteiger charge is 2.30. The van der Waals surface area contributed by atoms with Crippen LogP contribution in [0.4, 0.5) is 0 Å². The molecule has 0 bridgehead atoms. The van der Waals surface area contributed by atoms with Crippen molar-refractivity contribution in [1.82, 2.24) is 10.2 Å². The Bertz CT molecular complexity index is 940. The molecule has 0 spiro atoms. The molecule has 2 aromatic carbocycles. The zero-order valence-corrected chi connectivity index (χ0v) is 19.4. The Morgan fingerprint density at radius 1 is 1.00 bits per heavy atom. The second-order valence-electron chi connectivity index (χ2n) is 8.92. The van der Waals surface area contributed by atoms with Crippen LogP contribution in [0.25, 0.3) is 0 Å². The van der Waals surface area contributed by atoms with Crippen LogP contribution in [-0.2, 0) is 22.4 Å². The highest BCUT2D eigenvalue weighted by molar-refractivity contribution is 5.88. The fourth-order valence-electron chi connectivity index (χ4n) is 4.75. The first kappa shape index (κ1) is 23.1. The van der Waals surface area contributed by atoms with Crippen molar-refractivity contribution in [3.8, 4) is 11.5 Å². The van der Waals surface area contributed by atoms with Gasteiger partial charge in [-0.1, -0.05) is 56.2 Å². The van der Waals surface area contributed by atoms with Gasteiger partial charge in [-0.15, -0.1) is 0 Å². The van der Waals surface area contributed by atoms with E-state index in [1.807, 2.05) is 43.3 Å². The van der Waals surface area contributed by atoms with Crippen molar-refractivity contribution in [3.63, 3.8) is 0 Å². The molecule has 0 aromatic heterocycles. The lowest BCUT2D eigenvalue weighted by atomic mass is 10.0. The largest absolute Gasteiger partial charge is 0.454 e. The standard InChI is InChI=1S/C27H34N2O4/c1-2-23(27(31)28-22-10-6-7-11-22)29(17-16-20-8-4-3-5-9-20)26(30)15-13-21-12-14-24-25(18-21)33-19-32-24/h3-5,8-9,12,14,18,22-23H,2,6-7,10-11,13,15-17,19H2,1H3,(H,28,31)/t23-/m0/s1. The SMILES string of the molecule is CC[C@@H](C(=O)NC1CCCC1)N(CCc1ccccc1)C(=O)CCc1ccc2c(c1)OCO2. The number of fused-ring (bicyclic) bond motifs is 1. The fraction of sp³-hybridized carbons (Fsp3) is 0.481. The summed E-state index contributed by atoms with van der Waals surface area (Å²) in [5.74, 6) is 1.46. The lowest BCUT2D eigenvalue weighted by Gasteiger charge is -2.31. The lowest BCUT2D eigenvalue weighted by Crippen LogP contribution is -2.51. The minimum atomic E-state index is -0.446. The van der Waals surface area contributed by atoms with Gasteiger partial charge in [-0.25, -0.2) is 0 Å². The second kappa shape index (κ2) is 11.2. The molecule has 176 valence electrons. The number of benzene rings is 2. The molecule has 2 amide bonds. The summed E-state index contributed by atoms with van der Waals surface area (Å²) in [6.45, 7) is 2.75. The number of hydrogen-bond acceptors (Lipinski definition) is 4. The first-order chi connectivity index (χ1) is 16.1. The molecule has 1 aliphatic heterocycles. The molecule has 1 saturated carbocycles. The van der Waals surface area contributed by atoms with Gasteiger partial charge in [0.05, 0.1) is 0 Å². The number of aryl methyl sites for hydroxylation is 1. The normalized spacial score (nSPS) is 15.9. The molecule has 1 N–H and O–H groups in total. The van der Waals surface area contributed by atoms with Gasteiger partial charge in [-0.05, 0) is 55.4 Å². The molecule has 0 saturated heterocycles. The van der Waals surface area contributed by atoms with Gasteiger partial charge in [0.1, 0.15) is 6.04 Å². The van der Waals surface area contributed by atoms with Gasteiger partial charge >= 0.3 is 0 Å². The molecule has 4 rings (SSSR count). The number of carbonyl (C=O) groups is 2. The van der Waals surface area contributed by atoms with Crippen molar-refractivity contribution in [2.75, 3.05) is 13.3 Å². The van der Waals surface area contributed by atoms with Gasteiger partial charge in [0, 0.05) is 19.0 Å². The molecule has 6 heteroatoms. The van der Waals surface area contributed by atoms with Crippen LogP contribution in [0.15, 0.2) is 48.5 Å². The average Bonchev–Trinajstić information content (AvgIpc) is 3.52. The fourth-order valence-corrected chi connectivity index (χ4v) is 4.75. The van der Waals surface area contributed by atoms with Crippen LogP contribution in [0, 0.1) is 0 Å². The maximum absolute atomic E-state index is 13.4. The van der Waals surface area contributed by atoms with Crippen molar-refractivity contribution in [1.29, 1.82) is 0 Å². The zero-order valence-electron chi connectivity index (χ0n) is 19.4. The van der Waals surface area contributed by atoms with Gasteiger partial charge in [-0.2, -0.15) is 0 Å². The van der Waals surface area contributed by atoms with E-state index in [0.717, 1.165) is 54.7 Å². The van der Waals surface area contributed by atoms with Crippen LogP contribution < -0.4 is 14.8 Å².